The van der Waals surface area contributed by atoms with Gasteiger partial charge >= 0.3 is 5.97 Å². The minimum atomic E-state index is -1.03. The fourth-order valence-corrected chi connectivity index (χ4v) is 4.20. The molecule has 6 nitrogen and oxygen atoms in total. The predicted octanol–water partition coefficient (Wildman–Crippen LogP) is 6.44. The SMILES string of the molecule is CCCCOc1c(Oc2ccc(C(=O)CC3CCCC3)c(O)c2C)ccc(C(=O)O)c1C. The van der Waals surface area contributed by atoms with E-state index >= 15 is 0 Å². The van der Waals surface area contributed by atoms with Crippen LogP contribution in [0.5, 0.6) is 23.0 Å². The number of phenols is 1. The highest BCUT2D eigenvalue weighted by Crippen LogP contribution is 2.40. The van der Waals surface area contributed by atoms with Gasteiger partial charge in [-0.05, 0) is 50.5 Å². The number of carbonyl (C=O) groups is 2. The second-order valence-electron chi connectivity index (χ2n) is 8.54. The summed E-state index contributed by atoms with van der Waals surface area (Å²) in [6, 6.07) is 6.32. The number of benzene rings is 2. The Kier molecular flexibility index (Phi) is 7.78. The smallest absolute Gasteiger partial charge is 0.336 e. The fourth-order valence-electron chi connectivity index (χ4n) is 4.20. The Hall–Kier alpha value is -3.02. The van der Waals surface area contributed by atoms with Gasteiger partial charge in [-0.1, -0.05) is 39.0 Å². The van der Waals surface area contributed by atoms with Crippen molar-refractivity contribution in [2.45, 2.75) is 65.7 Å². The Labute approximate surface area is 189 Å². The summed E-state index contributed by atoms with van der Waals surface area (Å²) in [5, 5.41) is 20.2. The van der Waals surface area contributed by atoms with Gasteiger partial charge in [0.2, 0.25) is 0 Å². The first-order chi connectivity index (χ1) is 15.3. The van der Waals surface area contributed by atoms with E-state index in [0.717, 1.165) is 25.7 Å². The summed E-state index contributed by atoms with van der Waals surface area (Å²) in [6.07, 6.45) is 6.69. The predicted molar refractivity (Wildman–Crippen MR) is 122 cm³/mol. The zero-order chi connectivity index (χ0) is 23.3. The van der Waals surface area contributed by atoms with Crippen LogP contribution in [0.4, 0.5) is 0 Å². The summed E-state index contributed by atoms with van der Waals surface area (Å²) < 4.78 is 11.9. The van der Waals surface area contributed by atoms with Crippen molar-refractivity contribution in [1.29, 1.82) is 0 Å². The van der Waals surface area contributed by atoms with E-state index in [2.05, 4.69) is 0 Å². The summed E-state index contributed by atoms with van der Waals surface area (Å²) in [4.78, 5) is 24.2. The second-order valence-corrected chi connectivity index (χ2v) is 8.54. The van der Waals surface area contributed by atoms with Crippen LogP contribution in [0.3, 0.4) is 0 Å². The van der Waals surface area contributed by atoms with Crippen LogP contribution in [-0.4, -0.2) is 28.6 Å². The molecule has 0 spiro atoms. The largest absolute Gasteiger partial charge is 0.507 e. The van der Waals surface area contributed by atoms with E-state index in [1.807, 2.05) is 6.92 Å². The van der Waals surface area contributed by atoms with Crippen molar-refractivity contribution in [2.24, 2.45) is 5.92 Å². The van der Waals surface area contributed by atoms with Crippen LogP contribution >= 0.6 is 0 Å². The van der Waals surface area contributed by atoms with Gasteiger partial charge in [-0.15, -0.1) is 0 Å². The van der Waals surface area contributed by atoms with Gasteiger partial charge in [0.15, 0.2) is 17.3 Å². The molecule has 6 heteroatoms. The number of aromatic carboxylic acids is 1. The fraction of sp³-hybridized carbons (Fsp3) is 0.462. The molecule has 2 aromatic carbocycles. The lowest BCUT2D eigenvalue weighted by Gasteiger charge is -2.18. The Morgan fingerprint density at radius 2 is 1.66 bits per heavy atom. The third-order valence-electron chi connectivity index (χ3n) is 6.19. The maximum atomic E-state index is 12.7. The third-order valence-corrected chi connectivity index (χ3v) is 6.19. The van der Waals surface area contributed by atoms with Crippen molar-refractivity contribution in [1.82, 2.24) is 0 Å². The molecule has 0 radical (unpaired) electrons. The minimum absolute atomic E-state index is 0.0470. The van der Waals surface area contributed by atoms with Crippen molar-refractivity contribution in [3.8, 4) is 23.0 Å². The number of phenolic OH excluding ortho intramolecular Hbond substituents is 1. The summed E-state index contributed by atoms with van der Waals surface area (Å²) in [5.74, 6) is 0.384. The Balaban J connectivity index is 1.87. The molecule has 1 aliphatic rings. The molecule has 3 rings (SSSR count). The number of rotatable bonds is 10. The van der Waals surface area contributed by atoms with Gasteiger partial charge in [0.1, 0.15) is 11.5 Å². The van der Waals surface area contributed by atoms with Crippen LogP contribution in [-0.2, 0) is 0 Å². The van der Waals surface area contributed by atoms with Crippen molar-refractivity contribution in [3.05, 3.63) is 46.5 Å². The van der Waals surface area contributed by atoms with E-state index in [0.29, 0.717) is 52.9 Å². The molecule has 172 valence electrons. The van der Waals surface area contributed by atoms with E-state index in [1.165, 1.54) is 18.9 Å². The zero-order valence-corrected chi connectivity index (χ0v) is 19.1. The van der Waals surface area contributed by atoms with Crippen molar-refractivity contribution < 1.29 is 29.3 Å². The van der Waals surface area contributed by atoms with Crippen molar-refractivity contribution in [2.75, 3.05) is 6.61 Å². The number of hydrogen-bond acceptors (Lipinski definition) is 5. The number of hydrogen-bond donors (Lipinski definition) is 2. The molecule has 0 heterocycles. The summed E-state index contributed by atoms with van der Waals surface area (Å²) >= 11 is 0. The standard InChI is InChI=1S/C26H32O6/c1-4-5-14-31-25-16(2)19(26(29)30)10-13-23(25)32-22-12-11-20(24(28)17(22)3)21(27)15-18-8-6-7-9-18/h10-13,18,28H,4-9,14-15H2,1-3H3,(H,29,30). The highest BCUT2D eigenvalue weighted by Gasteiger charge is 2.23. The summed E-state index contributed by atoms with van der Waals surface area (Å²) in [6.45, 7) is 5.87. The molecule has 2 N–H and O–H groups in total. The number of carboxylic acids is 1. The van der Waals surface area contributed by atoms with Gasteiger partial charge in [0, 0.05) is 17.5 Å². The molecule has 0 bridgehead atoms. The lowest BCUT2D eigenvalue weighted by Crippen LogP contribution is -2.07. The number of carboxylic acid groups (broad SMARTS) is 1. The average molecular weight is 441 g/mol. The lowest BCUT2D eigenvalue weighted by molar-refractivity contribution is 0.0695. The molecular formula is C26H32O6. The monoisotopic (exact) mass is 440 g/mol. The van der Waals surface area contributed by atoms with Gasteiger partial charge in [-0.2, -0.15) is 0 Å². The molecule has 1 aliphatic carbocycles. The first-order valence-electron chi connectivity index (χ1n) is 11.4. The number of unbranched alkanes of at least 4 members (excludes halogenated alkanes) is 1. The van der Waals surface area contributed by atoms with E-state index in [4.69, 9.17) is 9.47 Å². The van der Waals surface area contributed by atoms with Crippen LogP contribution in [0.2, 0.25) is 0 Å². The van der Waals surface area contributed by atoms with Gasteiger partial charge in [-0.25, -0.2) is 4.79 Å². The van der Waals surface area contributed by atoms with Crippen LogP contribution < -0.4 is 9.47 Å². The minimum Gasteiger partial charge on any atom is -0.507 e. The normalized spacial score (nSPS) is 13.8. The Morgan fingerprint density at radius 1 is 1.00 bits per heavy atom. The first-order valence-corrected chi connectivity index (χ1v) is 11.4. The first kappa shape index (κ1) is 23.6. The van der Waals surface area contributed by atoms with Gasteiger partial charge in [-0.3, -0.25) is 4.79 Å². The van der Waals surface area contributed by atoms with Gasteiger partial charge in [0.25, 0.3) is 0 Å². The highest BCUT2D eigenvalue weighted by atomic mass is 16.5. The Bertz CT molecular complexity index is 988. The maximum absolute atomic E-state index is 12.7. The van der Waals surface area contributed by atoms with E-state index in [1.54, 1.807) is 32.0 Å². The van der Waals surface area contributed by atoms with Crippen LogP contribution in [0.1, 0.15) is 83.7 Å². The molecular weight excluding hydrogens is 408 g/mol. The second kappa shape index (κ2) is 10.5. The van der Waals surface area contributed by atoms with E-state index < -0.39 is 5.97 Å². The molecule has 2 aromatic rings. The summed E-state index contributed by atoms with van der Waals surface area (Å²) in [7, 11) is 0. The summed E-state index contributed by atoms with van der Waals surface area (Å²) in [5.41, 5.74) is 1.41. The highest BCUT2D eigenvalue weighted by molar-refractivity contribution is 5.99. The molecule has 0 amide bonds. The molecule has 0 atom stereocenters. The zero-order valence-electron chi connectivity index (χ0n) is 19.1. The lowest BCUT2D eigenvalue weighted by atomic mass is 9.95. The number of aromatic hydroxyl groups is 1. The van der Waals surface area contributed by atoms with Gasteiger partial charge < -0.3 is 19.7 Å². The van der Waals surface area contributed by atoms with Crippen LogP contribution in [0.15, 0.2) is 24.3 Å². The number of carbonyl (C=O) groups excluding carboxylic acids is 1. The maximum Gasteiger partial charge on any atom is 0.336 e. The molecule has 0 aromatic heterocycles. The molecule has 1 fully saturated rings. The Morgan fingerprint density at radius 3 is 2.31 bits per heavy atom. The van der Waals surface area contributed by atoms with E-state index in [-0.39, 0.29) is 17.1 Å². The molecule has 32 heavy (non-hydrogen) atoms. The molecule has 0 saturated heterocycles. The average Bonchev–Trinajstić information content (AvgIpc) is 3.26. The van der Waals surface area contributed by atoms with Crippen LogP contribution in [0.25, 0.3) is 0 Å². The molecule has 0 unspecified atom stereocenters. The molecule has 0 aliphatic heterocycles. The van der Waals surface area contributed by atoms with Crippen molar-refractivity contribution >= 4 is 11.8 Å². The van der Waals surface area contributed by atoms with Crippen molar-refractivity contribution in [3.63, 3.8) is 0 Å². The third kappa shape index (κ3) is 5.23. The topological polar surface area (TPSA) is 93.1 Å². The van der Waals surface area contributed by atoms with Gasteiger partial charge in [0.05, 0.1) is 17.7 Å². The number of ketones is 1. The number of Topliss-reactive ketones (excluding diaryl/α,β-unsaturated/α-hetero) is 1. The quantitative estimate of drug-likeness (QED) is 0.326. The molecule has 1 saturated carbocycles. The van der Waals surface area contributed by atoms with E-state index in [9.17, 15) is 19.8 Å². The number of ether oxygens (including phenoxy) is 2. The van der Waals surface area contributed by atoms with Crippen LogP contribution in [0, 0.1) is 19.8 Å².